The first-order chi connectivity index (χ1) is 14.0. The van der Waals surface area contributed by atoms with Gasteiger partial charge in [-0.05, 0) is 11.6 Å². The van der Waals surface area contributed by atoms with Crippen molar-refractivity contribution in [3.63, 3.8) is 0 Å². The van der Waals surface area contributed by atoms with Crippen LogP contribution < -0.4 is 5.73 Å². The van der Waals surface area contributed by atoms with E-state index in [-0.39, 0.29) is 30.8 Å². The number of benzene rings is 1. The van der Waals surface area contributed by atoms with Crippen molar-refractivity contribution < 1.29 is 14.7 Å². The second-order valence-corrected chi connectivity index (χ2v) is 8.76. The van der Waals surface area contributed by atoms with Gasteiger partial charge in [0.2, 0.25) is 16.9 Å². The number of aliphatic hydroxyl groups excluding tert-OH is 1. The summed E-state index contributed by atoms with van der Waals surface area (Å²) in [6.45, 7) is 1.89. The fourth-order valence-corrected chi connectivity index (χ4v) is 4.78. The van der Waals surface area contributed by atoms with Crippen LogP contribution in [-0.4, -0.2) is 69.7 Å². The van der Waals surface area contributed by atoms with Crippen LogP contribution in [0.15, 0.2) is 36.4 Å². The number of nitrogens with zero attached hydrogens (tertiary/aromatic N) is 4. The molecule has 9 heteroatoms. The lowest BCUT2D eigenvalue weighted by Gasteiger charge is -2.26. The monoisotopic (exact) mass is 413 g/mol. The number of hydrogen-bond donors (Lipinski definition) is 2. The van der Waals surface area contributed by atoms with Gasteiger partial charge in [-0.1, -0.05) is 41.7 Å². The minimum absolute atomic E-state index is 0.0507. The van der Waals surface area contributed by atoms with E-state index in [2.05, 4.69) is 10.2 Å². The quantitative estimate of drug-likeness (QED) is 0.696. The van der Waals surface area contributed by atoms with E-state index in [0.29, 0.717) is 36.3 Å². The Morgan fingerprint density at radius 2 is 1.93 bits per heavy atom. The van der Waals surface area contributed by atoms with Crippen molar-refractivity contribution in [2.45, 2.75) is 6.42 Å². The molecule has 2 saturated heterocycles. The lowest BCUT2D eigenvalue weighted by Crippen LogP contribution is -2.40. The Hall–Kier alpha value is -2.78. The number of rotatable bonds is 5. The topological polar surface area (TPSA) is 113 Å². The van der Waals surface area contributed by atoms with Gasteiger partial charge in [0.15, 0.2) is 0 Å². The van der Waals surface area contributed by atoms with Crippen molar-refractivity contribution in [3.05, 3.63) is 47.0 Å². The maximum Gasteiger partial charge on any atom is 0.246 e. The van der Waals surface area contributed by atoms with Crippen LogP contribution in [0.3, 0.4) is 0 Å². The molecule has 0 saturated carbocycles. The Morgan fingerprint density at radius 1 is 1.21 bits per heavy atom. The Balaban J connectivity index is 1.38. The molecule has 3 N–H and O–H groups in total. The van der Waals surface area contributed by atoms with Crippen molar-refractivity contribution in [3.8, 4) is 0 Å². The Labute approximate surface area is 172 Å². The van der Waals surface area contributed by atoms with Crippen LogP contribution in [0.25, 0.3) is 6.08 Å². The molecule has 152 valence electrons. The van der Waals surface area contributed by atoms with Crippen molar-refractivity contribution in [1.82, 2.24) is 20.0 Å². The molecule has 0 radical (unpaired) electrons. The first-order valence-corrected chi connectivity index (χ1v) is 10.3. The Kier molecular flexibility index (Phi) is 5.33. The van der Waals surface area contributed by atoms with E-state index in [9.17, 15) is 14.7 Å². The number of nitrogen functional groups attached to an aromatic ring is 1. The van der Waals surface area contributed by atoms with Crippen LogP contribution in [0.1, 0.15) is 10.6 Å². The molecule has 2 aliphatic rings. The summed E-state index contributed by atoms with van der Waals surface area (Å²) >= 11 is 1.21. The first kappa shape index (κ1) is 19.5. The minimum Gasteiger partial charge on any atom is -0.396 e. The van der Waals surface area contributed by atoms with Gasteiger partial charge in [0.25, 0.3) is 0 Å². The summed E-state index contributed by atoms with van der Waals surface area (Å²) in [5.74, 6) is -0.0615. The van der Waals surface area contributed by atoms with Gasteiger partial charge in [-0.3, -0.25) is 9.59 Å². The van der Waals surface area contributed by atoms with Crippen LogP contribution in [0, 0.1) is 11.3 Å². The second kappa shape index (κ2) is 7.92. The molecule has 2 aliphatic heterocycles. The van der Waals surface area contributed by atoms with Gasteiger partial charge in [0.05, 0.1) is 13.0 Å². The van der Waals surface area contributed by atoms with Crippen LogP contribution in [-0.2, 0) is 16.0 Å². The maximum atomic E-state index is 12.6. The van der Waals surface area contributed by atoms with Gasteiger partial charge in [-0.2, -0.15) is 0 Å². The number of amides is 2. The summed E-state index contributed by atoms with van der Waals surface area (Å²) < 4.78 is 0. The fourth-order valence-electron chi connectivity index (χ4n) is 4.18. The maximum absolute atomic E-state index is 12.6. The van der Waals surface area contributed by atoms with E-state index in [1.54, 1.807) is 22.0 Å². The molecule has 0 bridgehead atoms. The summed E-state index contributed by atoms with van der Waals surface area (Å²) in [6, 6.07) is 9.65. The number of aliphatic hydroxyl groups is 1. The third-order valence-corrected chi connectivity index (χ3v) is 6.49. The molecular weight excluding hydrogens is 390 g/mol. The Morgan fingerprint density at radius 3 is 2.59 bits per heavy atom. The van der Waals surface area contributed by atoms with Gasteiger partial charge in [0, 0.05) is 43.6 Å². The molecule has 3 heterocycles. The molecular formula is C20H23N5O3S. The molecule has 1 aromatic heterocycles. The molecule has 8 nitrogen and oxygen atoms in total. The number of carbonyl (C=O) groups is 2. The highest BCUT2D eigenvalue weighted by atomic mass is 32.1. The number of nitrogens with two attached hydrogens (primary N) is 1. The minimum atomic E-state index is -0.466. The lowest BCUT2D eigenvalue weighted by atomic mass is 9.82. The van der Waals surface area contributed by atoms with Crippen LogP contribution in [0.2, 0.25) is 0 Å². The number of anilines is 1. The highest BCUT2D eigenvalue weighted by Gasteiger charge is 2.53. The molecule has 2 amide bonds. The van der Waals surface area contributed by atoms with E-state index in [0.717, 1.165) is 5.56 Å². The molecule has 2 fully saturated rings. The predicted molar refractivity (Wildman–Crippen MR) is 110 cm³/mol. The number of likely N-dealkylation sites (tertiary alicyclic amines) is 2. The van der Waals surface area contributed by atoms with Gasteiger partial charge in [-0.25, -0.2) is 0 Å². The van der Waals surface area contributed by atoms with Gasteiger partial charge >= 0.3 is 0 Å². The standard InChI is InChI=1S/C20H23N5O3S/c21-19-23-22-16(29-19)8-18(28)25-10-15-9-24(11-20(15,12-25)13-26)17(27)7-6-14-4-2-1-3-5-14/h1-7,15,26H,8-13H2,(H2,21,23)/t15-,20+/m1/s1. The summed E-state index contributed by atoms with van der Waals surface area (Å²) in [4.78, 5) is 28.8. The Bertz CT molecular complexity index is 931. The second-order valence-electron chi connectivity index (χ2n) is 7.67. The molecule has 1 aromatic carbocycles. The van der Waals surface area contributed by atoms with Crippen molar-refractivity contribution in [2.24, 2.45) is 11.3 Å². The molecule has 2 atom stereocenters. The number of hydrogen-bond acceptors (Lipinski definition) is 7. The summed E-state index contributed by atoms with van der Waals surface area (Å²) in [7, 11) is 0. The normalized spacial score (nSPS) is 23.7. The van der Waals surface area contributed by atoms with E-state index in [1.165, 1.54) is 11.3 Å². The van der Waals surface area contributed by atoms with Crippen molar-refractivity contribution in [2.75, 3.05) is 38.5 Å². The molecule has 0 aliphatic carbocycles. The molecule has 2 aromatic rings. The SMILES string of the molecule is Nc1nnc(CC(=O)N2C[C@H]3CN(C(=O)C=Cc4ccccc4)C[C@@]3(CO)C2)s1. The molecule has 4 rings (SSSR count). The molecule has 0 unspecified atom stereocenters. The average molecular weight is 414 g/mol. The molecule has 0 spiro atoms. The van der Waals surface area contributed by atoms with Gasteiger partial charge in [0.1, 0.15) is 5.01 Å². The third kappa shape index (κ3) is 4.01. The highest BCUT2D eigenvalue weighted by Crippen LogP contribution is 2.42. The smallest absolute Gasteiger partial charge is 0.246 e. The van der Waals surface area contributed by atoms with Crippen molar-refractivity contribution in [1.29, 1.82) is 0 Å². The number of aromatic nitrogens is 2. The van der Waals surface area contributed by atoms with E-state index >= 15 is 0 Å². The zero-order chi connectivity index (χ0) is 20.4. The summed E-state index contributed by atoms with van der Waals surface area (Å²) in [6.07, 6.45) is 3.53. The van der Waals surface area contributed by atoms with E-state index < -0.39 is 5.41 Å². The van der Waals surface area contributed by atoms with Crippen LogP contribution >= 0.6 is 11.3 Å². The highest BCUT2D eigenvalue weighted by molar-refractivity contribution is 7.15. The summed E-state index contributed by atoms with van der Waals surface area (Å²) in [5, 5.41) is 18.7. The fraction of sp³-hybridized carbons (Fsp3) is 0.400. The van der Waals surface area contributed by atoms with Crippen LogP contribution in [0.4, 0.5) is 5.13 Å². The number of carbonyl (C=O) groups excluding carboxylic acids is 2. The van der Waals surface area contributed by atoms with E-state index in [1.807, 2.05) is 30.3 Å². The zero-order valence-corrected chi connectivity index (χ0v) is 16.7. The summed E-state index contributed by atoms with van der Waals surface area (Å²) in [5.41, 5.74) is 6.07. The van der Waals surface area contributed by atoms with Gasteiger partial charge in [-0.15, -0.1) is 10.2 Å². The third-order valence-electron chi connectivity index (χ3n) is 5.74. The van der Waals surface area contributed by atoms with Crippen molar-refractivity contribution >= 4 is 34.4 Å². The van der Waals surface area contributed by atoms with Crippen LogP contribution in [0.5, 0.6) is 0 Å². The first-order valence-electron chi connectivity index (χ1n) is 9.48. The van der Waals surface area contributed by atoms with E-state index in [4.69, 9.17) is 5.73 Å². The zero-order valence-electron chi connectivity index (χ0n) is 15.9. The molecule has 29 heavy (non-hydrogen) atoms. The lowest BCUT2D eigenvalue weighted by molar-refractivity contribution is -0.130. The predicted octanol–water partition coefficient (Wildman–Crippen LogP) is 0.655. The number of fused-ring (bicyclic) bond motifs is 1. The largest absolute Gasteiger partial charge is 0.396 e. The van der Waals surface area contributed by atoms with Gasteiger partial charge < -0.3 is 20.6 Å². The average Bonchev–Trinajstić information content (AvgIpc) is 3.39.